The standard InChI is InChI=1S/C13H15FN2O3S2/c1-16(21(17,18)13-8-11(15)9-20-13)5-6-19-12-4-2-3-10(14)7-12/h2-4,7-9H,5-6,15H2,1H3. The first kappa shape index (κ1) is 15.7. The zero-order chi connectivity index (χ0) is 15.5. The van der Waals surface area contributed by atoms with E-state index < -0.39 is 15.8 Å². The molecule has 1 aromatic heterocycles. The van der Waals surface area contributed by atoms with Crippen molar-refractivity contribution in [3.05, 3.63) is 41.5 Å². The van der Waals surface area contributed by atoms with E-state index in [1.54, 1.807) is 11.4 Å². The van der Waals surface area contributed by atoms with E-state index in [1.807, 2.05) is 0 Å². The number of benzene rings is 1. The maximum atomic E-state index is 13.0. The summed E-state index contributed by atoms with van der Waals surface area (Å²) in [6.45, 7) is 0.274. The summed E-state index contributed by atoms with van der Waals surface area (Å²) in [5, 5.41) is 1.57. The molecule has 2 rings (SSSR count). The molecule has 1 aromatic carbocycles. The Morgan fingerprint density at radius 1 is 1.38 bits per heavy atom. The van der Waals surface area contributed by atoms with Crippen LogP contribution < -0.4 is 10.5 Å². The minimum Gasteiger partial charge on any atom is -0.492 e. The van der Waals surface area contributed by atoms with E-state index in [0.29, 0.717) is 11.4 Å². The molecule has 0 aliphatic rings. The number of anilines is 1. The van der Waals surface area contributed by atoms with Crippen LogP contribution >= 0.6 is 11.3 Å². The van der Waals surface area contributed by atoms with E-state index in [-0.39, 0.29) is 17.4 Å². The Morgan fingerprint density at radius 3 is 2.76 bits per heavy atom. The molecule has 114 valence electrons. The molecule has 0 fully saturated rings. The van der Waals surface area contributed by atoms with Crippen molar-refractivity contribution in [3.63, 3.8) is 0 Å². The van der Waals surface area contributed by atoms with Crippen molar-refractivity contribution in [3.8, 4) is 5.75 Å². The van der Waals surface area contributed by atoms with Gasteiger partial charge in [-0.1, -0.05) is 6.07 Å². The molecule has 0 radical (unpaired) electrons. The van der Waals surface area contributed by atoms with Crippen LogP contribution in [0.5, 0.6) is 5.75 Å². The zero-order valence-corrected chi connectivity index (χ0v) is 13.0. The number of hydrogen-bond donors (Lipinski definition) is 1. The van der Waals surface area contributed by atoms with Crippen LogP contribution in [0.4, 0.5) is 10.1 Å². The zero-order valence-electron chi connectivity index (χ0n) is 11.3. The SMILES string of the molecule is CN(CCOc1cccc(F)c1)S(=O)(=O)c1cc(N)cs1. The highest BCUT2D eigenvalue weighted by Crippen LogP contribution is 2.24. The summed E-state index contributed by atoms with van der Waals surface area (Å²) in [6, 6.07) is 7.11. The molecule has 0 amide bonds. The molecular weight excluding hydrogens is 315 g/mol. The highest BCUT2D eigenvalue weighted by molar-refractivity contribution is 7.91. The Kier molecular flexibility index (Phi) is 4.81. The van der Waals surface area contributed by atoms with Gasteiger partial charge in [0.25, 0.3) is 10.0 Å². The highest BCUT2D eigenvalue weighted by Gasteiger charge is 2.22. The van der Waals surface area contributed by atoms with E-state index in [9.17, 15) is 12.8 Å². The number of nitrogens with zero attached hydrogens (tertiary/aromatic N) is 1. The molecule has 1 heterocycles. The number of halogens is 1. The Balaban J connectivity index is 1.94. The lowest BCUT2D eigenvalue weighted by Crippen LogP contribution is -2.30. The van der Waals surface area contributed by atoms with Gasteiger partial charge in [-0.25, -0.2) is 12.8 Å². The predicted octanol–water partition coefficient (Wildman–Crippen LogP) is 2.17. The fourth-order valence-corrected chi connectivity index (χ4v) is 4.03. The van der Waals surface area contributed by atoms with E-state index in [1.165, 1.54) is 35.6 Å². The molecule has 0 saturated carbocycles. The second-order valence-corrected chi connectivity index (χ2v) is 7.51. The van der Waals surface area contributed by atoms with Crippen LogP contribution in [0.2, 0.25) is 0 Å². The Labute approximate surface area is 126 Å². The number of likely N-dealkylation sites (N-methyl/N-ethyl adjacent to an activating group) is 1. The van der Waals surface area contributed by atoms with Crippen LogP contribution in [0, 0.1) is 5.82 Å². The monoisotopic (exact) mass is 330 g/mol. The molecule has 0 bridgehead atoms. The number of hydrogen-bond acceptors (Lipinski definition) is 5. The molecule has 0 unspecified atom stereocenters. The number of nitrogen functional groups attached to an aromatic ring is 1. The summed E-state index contributed by atoms with van der Waals surface area (Å²) in [4.78, 5) is 0. The molecule has 5 nitrogen and oxygen atoms in total. The predicted molar refractivity (Wildman–Crippen MR) is 80.4 cm³/mol. The largest absolute Gasteiger partial charge is 0.492 e. The van der Waals surface area contributed by atoms with Gasteiger partial charge in [0.15, 0.2) is 0 Å². The van der Waals surface area contributed by atoms with E-state index >= 15 is 0 Å². The summed E-state index contributed by atoms with van der Waals surface area (Å²) < 4.78 is 44.1. The van der Waals surface area contributed by atoms with Gasteiger partial charge in [-0.2, -0.15) is 4.31 Å². The molecule has 8 heteroatoms. The Hall–Kier alpha value is -1.64. The topological polar surface area (TPSA) is 72.6 Å². The number of thiophene rings is 1. The quantitative estimate of drug-likeness (QED) is 0.881. The van der Waals surface area contributed by atoms with E-state index in [0.717, 1.165) is 11.3 Å². The van der Waals surface area contributed by atoms with Crippen molar-refractivity contribution in [2.75, 3.05) is 25.9 Å². The first-order chi connectivity index (χ1) is 9.89. The molecule has 0 aliphatic heterocycles. The smallest absolute Gasteiger partial charge is 0.252 e. The lowest BCUT2D eigenvalue weighted by molar-refractivity contribution is 0.286. The van der Waals surface area contributed by atoms with Crippen LogP contribution in [-0.4, -0.2) is 32.9 Å². The van der Waals surface area contributed by atoms with Crippen molar-refractivity contribution in [1.29, 1.82) is 0 Å². The van der Waals surface area contributed by atoms with Crippen molar-refractivity contribution < 1.29 is 17.5 Å². The molecule has 2 N–H and O–H groups in total. The lowest BCUT2D eigenvalue weighted by atomic mass is 10.3. The average molecular weight is 330 g/mol. The first-order valence-electron chi connectivity index (χ1n) is 6.08. The number of rotatable bonds is 6. The van der Waals surface area contributed by atoms with Gasteiger partial charge in [-0.3, -0.25) is 0 Å². The van der Waals surface area contributed by atoms with Crippen molar-refractivity contribution >= 4 is 27.0 Å². The summed E-state index contributed by atoms with van der Waals surface area (Å²) in [5.41, 5.74) is 5.95. The fourth-order valence-electron chi connectivity index (χ4n) is 1.59. The molecule has 0 saturated heterocycles. The summed E-state index contributed by atoms with van der Waals surface area (Å²) >= 11 is 1.07. The minimum absolute atomic E-state index is 0.125. The molecule has 0 atom stereocenters. The third-order valence-corrected chi connectivity index (χ3v) is 6.02. The minimum atomic E-state index is -3.56. The summed E-state index contributed by atoms with van der Waals surface area (Å²) in [7, 11) is -2.10. The maximum absolute atomic E-state index is 13.0. The van der Waals surface area contributed by atoms with Crippen LogP contribution in [0.3, 0.4) is 0 Å². The second kappa shape index (κ2) is 6.42. The van der Waals surface area contributed by atoms with Gasteiger partial charge in [0.2, 0.25) is 0 Å². The molecule has 2 aromatic rings. The van der Waals surface area contributed by atoms with Crippen LogP contribution in [0.1, 0.15) is 0 Å². The molecule has 21 heavy (non-hydrogen) atoms. The highest BCUT2D eigenvalue weighted by atomic mass is 32.2. The summed E-state index contributed by atoms with van der Waals surface area (Å²) in [5.74, 6) is -0.0382. The van der Waals surface area contributed by atoms with Gasteiger partial charge in [-0.15, -0.1) is 11.3 Å². The van der Waals surface area contributed by atoms with Gasteiger partial charge in [-0.05, 0) is 18.2 Å². The summed E-state index contributed by atoms with van der Waals surface area (Å²) in [6.07, 6.45) is 0. The van der Waals surface area contributed by atoms with Crippen molar-refractivity contribution in [1.82, 2.24) is 4.31 Å². The average Bonchev–Trinajstić information content (AvgIpc) is 2.86. The van der Waals surface area contributed by atoms with Gasteiger partial charge >= 0.3 is 0 Å². The second-order valence-electron chi connectivity index (χ2n) is 4.33. The van der Waals surface area contributed by atoms with Crippen LogP contribution in [0.25, 0.3) is 0 Å². The van der Waals surface area contributed by atoms with Gasteiger partial charge in [0, 0.05) is 30.7 Å². The molecular formula is C13H15FN2O3S2. The van der Waals surface area contributed by atoms with Crippen LogP contribution in [0.15, 0.2) is 39.9 Å². The van der Waals surface area contributed by atoms with E-state index in [2.05, 4.69) is 0 Å². The van der Waals surface area contributed by atoms with E-state index in [4.69, 9.17) is 10.5 Å². The number of ether oxygens (including phenoxy) is 1. The molecule has 0 aliphatic carbocycles. The van der Waals surface area contributed by atoms with Gasteiger partial charge < -0.3 is 10.5 Å². The van der Waals surface area contributed by atoms with Crippen molar-refractivity contribution in [2.24, 2.45) is 0 Å². The lowest BCUT2D eigenvalue weighted by Gasteiger charge is -2.16. The first-order valence-corrected chi connectivity index (χ1v) is 8.40. The van der Waals surface area contributed by atoms with Crippen LogP contribution in [-0.2, 0) is 10.0 Å². The van der Waals surface area contributed by atoms with Crippen molar-refractivity contribution in [2.45, 2.75) is 4.21 Å². The Morgan fingerprint density at radius 2 is 2.14 bits per heavy atom. The number of nitrogens with two attached hydrogens (primary N) is 1. The Bertz CT molecular complexity index is 716. The fraction of sp³-hybridized carbons (Fsp3) is 0.231. The van der Waals surface area contributed by atoms with Gasteiger partial charge in [0.1, 0.15) is 22.4 Å². The third kappa shape index (κ3) is 3.93. The third-order valence-electron chi connectivity index (χ3n) is 2.73. The maximum Gasteiger partial charge on any atom is 0.252 e. The molecule has 0 spiro atoms. The number of sulfonamides is 1. The normalized spacial score (nSPS) is 11.8. The van der Waals surface area contributed by atoms with Gasteiger partial charge in [0.05, 0.1) is 0 Å².